The number of nitrogens with zero attached hydrogens (tertiary/aromatic N) is 4. The lowest BCUT2D eigenvalue weighted by molar-refractivity contribution is 0.493. The summed E-state index contributed by atoms with van der Waals surface area (Å²) in [6.45, 7) is 2.65. The van der Waals surface area contributed by atoms with Gasteiger partial charge >= 0.3 is 0 Å². The molecular formula is C20H22N4O2S. The molecule has 6 nitrogen and oxygen atoms in total. The molecule has 1 fully saturated rings. The normalized spacial score (nSPS) is 18.6. The van der Waals surface area contributed by atoms with E-state index < -0.39 is 9.84 Å². The number of aryl methyl sites for hydroxylation is 1. The smallest absolute Gasteiger partial charge is 0.150 e. The Morgan fingerprint density at radius 3 is 2.67 bits per heavy atom. The van der Waals surface area contributed by atoms with E-state index in [9.17, 15) is 8.42 Å². The Morgan fingerprint density at radius 2 is 1.96 bits per heavy atom. The van der Waals surface area contributed by atoms with Gasteiger partial charge in [0, 0.05) is 24.7 Å². The molecule has 0 radical (unpaired) electrons. The summed E-state index contributed by atoms with van der Waals surface area (Å²) in [7, 11) is -2.91. The van der Waals surface area contributed by atoms with Gasteiger partial charge in [0.1, 0.15) is 5.82 Å². The first kappa shape index (κ1) is 17.9. The highest BCUT2D eigenvalue weighted by molar-refractivity contribution is 7.91. The second-order valence-corrected chi connectivity index (χ2v) is 9.17. The largest absolute Gasteiger partial charge is 0.328 e. The average molecular weight is 382 g/mol. The Morgan fingerprint density at radius 1 is 1.15 bits per heavy atom. The number of aromatic nitrogens is 4. The minimum Gasteiger partial charge on any atom is -0.328 e. The number of rotatable bonds is 5. The molecule has 1 aromatic carbocycles. The van der Waals surface area contributed by atoms with E-state index in [1.54, 1.807) is 12.5 Å². The molecular weight excluding hydrogens is 360 g/mol. The van der Waals surface area contributed by atoms with E-state index in [4.69, 9.17) is 4.98 Å². The van der Waals surface area contributed by atoms with Gasteiger partial charge in [-0.05, 0) is 18.4 Å². The third-order valence-corrected chi connectivity index (χ3v) is 6.77. The molecule has 0 aliphatic carbocycles. The maximum absolute atomic E-state index is 11.9. The van der Waals surface area contributed by atoms with E-state index in [0.29, 0.717) is 13.0 Å². The molecule has 1 saturated heterocycles. The van der Waals surface area contributed by atoms with E-state index in [0.717, 1.165) is 34.9 Å². The number of benzene rings is 1. The van der Waals surface area contributed by atoms with Gasteiger partial charge in [-0.15, -0.1) is 0 Å². The maximum atomic E-state index is 11.9. The van der Waals surface area contributed by atoms with Crippen molar-refractivity contribution in [2.75, 3.05) is 11.5 Å². The second-order valence-electron chi connectivity index (χ2n) is 6.94. The van der Waals surface area contributed by atoms with Gasteiger partial charge in [-0.1, -0.05) is 37.3 Å². The van der Waals surface area contributed by atoms with E-state index in [2.05, 4.69) is 14.5 Å². The van der Waals surface area contributed by atoms with Crippen molar-refractivity contribution in [1.82, 2.24) is 19.5 Å². The van der Waals surface area contributed by atoms with Crippen molar-refractivity contribution < 1.29 is 8.42 Å². The summed E-state index contributed by atoms with van der Waals surface area (Å²) in [6.07, 6.45) is 5.03. The Kier molecular flexibility index (Phi) is 4.78. The van der Waals surface area contributed by atoms with Crippen molar-refractivity contribution in [3.8, 4) is 22.6 Å². The predicted molar refractivity (Wildman–Crippen MR) is 105 cm³/mol. The van der Waals surface area contributed by atoms with Crippen molar-refractivity contribution in [1.29, 1.82) is 0 Å². The Labute approximate surface area is 159 Å². The first-order valence-electron chi connectivity index (χ1n) is 9.19. The maximum Gasteiger partial charge on any atom is 0.150 e. The first-order chi connectivity index (χ1) is 13.1. The number of sulfone groups is 1. The minimum atomic E-state index is -2.91. The third-order valence-electron chi connectivity index (χ3n) is 4.93. The molecule has 0 bridgehead atoms. The molecule has 0 unspecified atom stereocenters. The van der Waals surface area contributed by atoms with E-state index in [1.165, 1.54) is 0 Å². The van der Waals surface area contributed by atoms with Gasteiger partial charge in [0.15, 0.2) is 9.84 Å². The summed E-state index contributed by atoms with van der Waals surface area (Å²) < 4.78 is 25.8. The zero-order valence-corrected chi connectivity index (χ0v) is 16.1. The minimum absolute atomic E-state index is 0.110. The summed E-state index contributed by atoms with van der Waals surface area (Å²) in [5.41, 5.74) is 3.61. The topological polar surface area (TPSA) is 77.7 Å². The van der Waals surface area contributed by atoms with Crippen molar-refractivity contribution in [2.24, 2.45) is 5.92 Å². The van der Waals surface area contributed by atoms with Crippen LogP contribution in [0.4, 0.5) is 0 Å². The highest BCUT2D eigenvalue weighted by Crippen LogP contribution is 2.32. The van der Waals surface area contributed by atoms with Crippen molar-refractivity contribution >= 4 is 9.84 Å². The predicted octanol–water partition coefficient (Wildman–Crippen LogP) is 3.00. The first-order valence-corrected chi connectivity index (χ1v) is 11.0. The summed E-state index contributed by atoms with van der Waals surface area (Å²) in [5, 5.41) is 0. The molecule has 4 rings (SSSR count). The number of hydrogen-bond donors (Lipinski definition) is 0. The van der Waals surface area contributed by atoms with Crippen LogP contribution in [0.1, 0.15) is 19.2 Å². The van der Waals surface area contributed by atoms with Crippen molar-refractivity contribution in [3.63, 3.8) is 0 Å². The second kappa shape index (κ2) is 7.23. The van der Waals surface area contributed by atoms with Gasteiger partial charge in [-0.3, -0.25) is 0 Å². The SMILES string of the molecule is CCc1nccc(-c2c(-c3ccccc3)ncn2C[C@@H]2CCS(=O)(=O)C2)n1. The van der Waals surface area contributed by atoms with Crippen LogP contribution in [-0.4, -0.2) is 39.4 Å². The highest BCUT2D eigenvalue weighted by Gasteiger charge is 2.29. The van der Waals surface area contributed by atoms with Gasteiger partial charge in [0.05, 0.1) is 34.9 Å². The quantitative estimate of drug-likeness (QED) is 0.678. The van der Waals surface area contributed by atoms with Crippen LogP contribution < -0.4 is 0 Å². The highest BCUT2D eigenvalue weighted by atomic mass is 32.2. The summed E-state index contributed by atoms with van der Waals surface area (Å²) >= 11 is 0. The van der Waals surface area contributed by atoms with Crippen LogP contribution in [0.3, 0.4) is 0 Å². The van der Waals surface area contributed by atoms with Crippen LogP contribution in [0.5, 0.6) is 0 Å². The van der Waals surface area contributed by atoms with Crippen molar-refractivity contribution in [2.45, 2.75) is 26.3 Å². The fourth-order valence-corrected chi connectivity index (χ4v) is 5.44. The molecule has 3 aromatic rings. The Bertz CT molecular complexity index is 1040. The molecule has 0 amide bonds. The van der Waals surface area contributed by atoms with Gasteiger partial charge in [-0.2, -0.15) is 0 Å². The molecule has 27 heavy (non-hydrogen) atoms. The number of hydrogen-bond acceptors (Lipinski definition) is 5. The molecule has 2 aromatic heterocycles. The zero-order chi connectivity index (χ0) is 18.9. The summed E-state index contributed by atoms with van der Waals surface area (Å²) in [5.74, 6) is 1.41. The van der Waals surface area contributed by atoms with Gasteiger partial charge in [0.2, 0.25) is 0 Å². The molecule has 1 aliphatic rings. The third kappa shape index (κ3) is 3.78. The Hall–Kier alpha value is -2.54. The lowest BCUT2D eigenvalue weighted by atomic mass is 10.1. The molecule has 3 heterocycles. The molecule has 1 atom stereocenters. The van der Waals surface area contributed by atoms with Gasteiger partial charge in [0.25, 0.3) is 0 Å². The standard InChI is InChI=1S/C20H22N4O2S/c1-2-18-21-10-8-17(23-18)20-19(16-6-4-3-5-7-16)22-14-24(20)12-15-9-11-27(25,26)13-15/h3-8,10,14-15H,2,9,11-13H2,1H3/t15-/m0/s1. The van der Waals surface area contributed by atoms with Gasteiger partial charge in [-0.25, -0.2) is 23.4 Å². The molecule has 0 N–H and O–H groups in total. The fraction of sp³-hybridized carbons (Fsp3) is 0.350. The van der Waals surface area contributed by atoms with E-state index in [1.807, 2.05) is 43.3 Å². The zero-order valence-electron chi connectivity index (χ0n) is 15.2. The van der Waals surface area contributed by atoms with E-state index >= 15 is 0 Å². The van der Waals surface area contributed by atoms with Crippen LogP contribution in [-0.2, 0) is 22.8 Å². The Balaban J connectivity index is 1.78. The average Bonchev–Trinajstić information content (AvgIpc) is 3.25. The van der Waals surface area contributed by atoms with Crippen LogP contribution >= 0.6 is 0 Å². The van der Waals surface area contributed by atoms with Crippen LogP contribution in [0, 0.1) is 5.92 Å². The molecule has 7 heteroatoms. The van der Waals surface area contributed by atoms with Crippen LogP contribution in [0.2, 0.25) is 0 Å². The van der Waals surface area contributed by atoms with Crippen LogP contribution in [0.25, 0.3) is 22.6 Å². The van der Waals surface area contributed by atoms with Crippen LogP contribution in [0.15, 0.2) is 48.9 Å². The molecule has 1 aliphatic heterocycles. The molecule has 0 spiro atoms. The van der Waals surface area contributed by atoms with E-state index in [-0.39, 0.29) is 17.4 Å². The molecule has 0 saturated carbocycles. The number of imidazole rings is 1. The summed E-state index contributed by atoms with van der Waals surface area (Å²) in [4.78, 5) is 13.6. The fourth-order valence-electron chi connectivity index (χ4n) is 3.59. The summed E-state index contributed by atoms with van der Waals surface area (Å²) in [6, 6.07) is 11.9. The van der Waals surface area contributed by atoms with Crippen molar-refractivity contribution in [3.05, 3.63) is 54.7 Å². The monoisotopic (exact) mass is 382 g/mol. The molecule has 140 valence electrons. The lowest BCUT2D eigenvalue weighted by Gasteiger charge is -2.14. The van der Waals surface area contributed by atoms with Gasteiger partial charge < -0.3 is 4.57 Å². The lowest BCUT2D eigenvalue weighted by Crippen LogP contribution is -2.13.